The van der Waals surface area contributed by atoms with E-state index in [0.717, 1.165) is 22.6 Å². The summed E-state index contributed by atoms with van der Waals surface area (Å²) >= 11 is 0. The maximum Gasteiger partial charge on any atom is 0.160 e. The second-order valence-electron chi connectivity index (χ2n) is 5.51. The number of aliphatic hydroxyl groups excluding tert-OH is 1. The third kappa shape index (κ3) is 4.12. The van der Waals surface area contributed by atoms with Crippen molar-refractivity contribution in [3.05, 3.63) is 72.0 Å². The largest absolute Gasteiger partial charge is 0.490 e. The van der Waals surface area contributed by atoms with Crippen LogP contribution in [0.2, 0.25) is 0 Å². The lowest BCUT2D eigenvalue weighted by Gasteiger charge is -2.10. The lowest BCUT2D eigenvalue weighted by atomic mass is 10.1. The minimum Gasteiger partial charge on any atom is -0.490 e. The topological polar surface area (TPSA) is 55.5 Å². The first-order valence-electron chi connectivity index (χ1n) is 7.82. The number of hydrogen-bond acceptors (Lipinski definition) is 4. The minimum atomic E-state index is -0.509. The molecule has 0 aliphatic carbocycles. The van der Waals surface area contributed by atoms with Crippen molar-refractivity contribution in [3.8, 4) is 17.0 Å². The van der Waals surface area contributed by atoms with Crippen LogP contribution in [0.3, 0.4) is 0 Å². The van der Waals surface area contributed by atoms with Gasteiger partial charge in [0.1, 0.15) is 18.1 Å². The molecule has 122 valence electrons. The molecule has 1 unspecified atom stereocenters. The predicted octanol–water partition coefficient (Wildman–Crippen LogP) is 4.27. The highest BCUT2D eigenvalue weighted by Crippen LogP contribution is 2.23. The second-order valence-corrected chi connectivity index (χ2v) is 5.51. The molecule has 1 aromatic heterocycles. The van der Waals surface area contributed by atoms with Gasteiger partial charge in [-0.05, 0) is 25.1 Å². The summed E-state index contributed by atoms with van der Waals surface area (Å²) in [5, 5.41) is 13.4. The van der Waals surface area contributed by atoms with Gasteiger partial charge < -0.3 is 14.4 Å². The van der Waals surface area contributed by atoms with Crippen LogP contribution in [0.15, 0.2) is 65.2 Å². The van der Waals surface area contributed by atoms with Crippen LogP contribution in [-0.2, 0) is 0 Å². The molecule has 0 aliphatic heterocycles. The molecule has 0 spiro atoms. The van der Waals surface area contributed by atoms with E-state index < -0.39 is 6.10 Å². The molecule has 0 amide bonds. The molecule has 0 saturated carbocycles. The molecule has 4 heteroatoms. The summed E-state index contributed by atoms with van der Waals surface area (Å²) in [5.41, 5.74) is 2.73. The molecule has 0 bridgehead atoms. The van der Waals surface area contributed by atoms with Gasteiger partial charge in [-0.1, -0.05) is 53.7 Å². The summed E-state index contributed by atoms with van der Waals surface area (Å²) in [5.74, 6) is 1.39. The van der Waals surface area contributed by atoms with E-state index in [2.05, 4.69) is 5.16 Å². The van der Waals surface area contributed by atoms with Crippen LogP contribution in [0.1, 0.15) is 18.2 Å². The average Bonchev–Trinajstić information content (AvgIpc) is 3.08. The lowest BCUT2D eigenvalue weighted by Crippen LogP contribution is -2.13. The van der Waals surface area contributed by atoms with Crippen LogP contribution in [0.25, 0.3) is 23.4 Å². The lowest BCUT2D eigenvalue weighted by molar-refractivity contribution is 0.122. The molecule has 2 aromatic carbocycles. The zero-order valence-electron chi connectivity index (χ0n) is 13.4. The van der Waals surface area contributed by atoms with E-state index in [-0.39, 0.29) is 6.61 Å². The van der Waals surface area contributed by atoms with Gasteiger partial charge in [0.25, 0.3) is 0 Å². The van der Waals surface area contributed by atoms with E-state index in [4.69, 9.17) is 9.26 Å². The molecule has 3 rings (SSSR count). The van der Waals surface area contributed by atoms with E-state index >= 15 is 0 Å². The normalized spacial score (nSPS) is 12.4. The van der Waals surface area contributed by atoms with Gasteiger partial charge >= 0.3 is 0 Å². The van der Waals surface area contributed by atoms with Crippen molar-refractivity contribution in [2.24, 2.45) is 0 Å². The first kappa shape index (κ1) is 16.0. The average molecular weight is 321 g/mol. The number of aliphatic hydroxyl groups is 1. The first-order valence-corrected chi connectivity index (χ1v) is 7.82. The van der Waals surface area contributed by atoms with Crippen molar-refractivity contribution in [2.75, 3.05) is 6.61 Å². The fourth-order valence-corrected chi connectivity index (χ4v) is 2.24. The Bertz CT molecular complexity index is 807. The van der Waals surface area contributed by atoms with E-state index in [1.54, 1.807) is 6.92 Å². The van der Waals surface area contributed by atoms with Crippen molar-refractivity contribution in [2.45, 2.75) is 13.0 Å². The quantitative estimate of drug-likeness (QED) is 0.736. The van der Waals surface area contributed by atoms with Crippen molar-refractivity contribution >= 4 is 12.2 Å². The second kappa shape index (κ2) is 7.62. The molecule has 1 N–H and O–H groups in total. The Morgan fingerprint density at radius 2 is 1.83 bits per heavy atom. The van der Waals surface area contributed by atoms with Crippen LogP contribution in [0.5, 0.6) is 5.75 Å². The highest BCUT2D eigenvalue weighted by molar-refractivity contribution is 5.72. The summed E-state index contributed by atoms with van der Waals surface area (Å²) in [6.45, 7) is 1.95. The van der Waals surface area contributed by atoms with Crippen LogP contribution in [0, 0.1) is 0 Å². The Morgan fingerprint density at radius 3 is 2.62 bits per heavy atom. The first-order chi connectivity index (χ1) is 11.7. The number of nitrogens with zero attached hydrogens (tertiary/aromatic N) is 1. The molecule has 3 aromatic rings. The Kier molecular flexibility index (Phi) is 5.08. The van der Waals surface area contributed by atoms with Gasteiger partial charge in [0.15, 0.2) is 5.76 Å². The monoisotopic (exact) mass is 321 g/mol. The van der Waals surface area contributed by atoms with Crippen LogP contribution in [-0.4, -0.2) is 23.0 Å². The Hall–Kier alpha value is -2.85. The van der Waals surface area contributed by atoms with Gasteiger partial charge in [0, 0.05) is 17.2 Å². The fourth-order valence-electron chi connectivity index (χ4n) is 2.24. The smallest absolute Gasteiger partial charge is 0.160 e. The maximum atomic E-state index is 9.36. The molecule has 0 radical (unpaired) electrons. The predicted molar refractivity (Wildman–Crippen MR) is 94.5 cm³/mol. The standard InChI is InChI=1S/C20H19NO3/c1-15(22)14-23-20-10-6-5-9-17(20)11-12-18-13-19(21-24-18)16-7-3-2-4-8-16/h2-13,15,22H,14H2,1H3/b12-11+. The van der Waals surface area contributed by atoms with Gasteiger partial charge in [-0.2, -0.15) is 0 Å². The molecule has 0 aliphatic rings. The van der Waals surface area contributed by atoms with Gasteiger partial charge in [-0.15, -0.1) is 0 Å². The Morgan fingerprint density at radius 1 is 1.08 bits per heavy atom. The number of rotatable bonds is 6. The molecule has 0 saturated heterocycles. The van der Waals surface area contributed by atoms with E-state index in [9.17, 15) is 5.11 Å². The van der Waals surface area contributed by atoms with Crippen molar-refractivity contribution in [1.29, 1.82) is 0 Å². The summed E-state index contributed by atoms with van der Waals surface area (Å²) in [7, 11) is 0. The highest BCUT2D eigenvalue weighted by atomic mass is 16.5. The molecule has 0 fully saturated rings. The number of para-hydroxylation sites is 1. The van der Waals surface area contributed by atoms with Gasteiger partial charge in [-0.25, -0.2) is 0 Å². The summed E-state index contributed by atoms with van der Waals surface area (Å²) in [6.07, 6.45) is 3.25. The highest BCUT2D eigenvalue weighted by Gasteiger charge is 2.05. The maximum absolute atomic E-state index is 9.36. The van der Waals surface area contributed by atoms with Gasteiger partial charge in [0.2, 0.25) is 0 Å². The number of aromatic nitrogens is 1. The number of ether oxygens (including phenoxy) is 1. The van der Waals surface area contributed by atoms with Crippen molar-refractivity contribution < 1.29 is 14.4 Å². The molecule has 1 atom stereocenters. The summed E-state index contributed by atoms with van der Waals surface area (Å²) in [4.78, 5) is 0. The number of benzene rings is 2. The zero-order chi connectivity index (χ0) is 16.8. The van der Waals surface area contributed by atoms with Gasteiger partial charge in [0.05, 0.1) is 6.10 Å². The fraction of sp³-hybridized carbons (Fsp3) is 0.150. The van der Waals surface area contributed by atoms with Crippen molar-refractivity contribution in [3.63, 3.8) is 0 Å². The van der Waals surface area contributed by atoms with Crippen LogP contribution < -0.4 is 4.74 Å². The van der Waals surface area contributed by atoms with E-state index in [1.165, 1.54) is 0 Å². The van der Waals surface area contributed by atoms with Crippen LogP contribution >= 0.6 is 0 Å². The SMILES string of the molecule is CC(O)COc1ccccc1/C=C/c1cc(-c2ccccc2)no1. The van der Waals surface area contributed by atoms with Gasteiger partial charge in [-0.3, -0.25) is 0 Å². The molecular weight excluding hydrogens is 302 g/mol. The zero-order valence-corrected chi connectivity index (χ0v) is 13.4. The Labute approximate surface area is 141 Å². The van der Waals surface area contributed by atoms with E-state index in [1.807, 2.05) is 72.8 Å². The summed E-state index contributed by atoms with van der Waals surface area (Å²) < 4.78 is 11.0. The molecule has 24 heavy (non-hydrogen) atoms. The third-order valence-corrected chi connectivity index (χ3v) is 3.42. The molecular formula is C20H19NO3. The molecule has 4 nitrogen and oxygen atoms in total. The third-order valence-electron chi connectivity index (χ3n) is 3.42. The summed E-state index contributed by atoms with van der Waals surface area (Å²) in [6, 6.07) is 19.4. The van der Waals surface area contributed by atoms with Crippen molar-refractivity contribution in [1.82, 2.24) is 5.16 Å². The molecule has 1 heterocycles. The van der Waals surface area contributed by atoms with Crippen LogP contribution in [0.4, 0.5) is 0 Å². The minimum absolute atomic E-state index is 0.255. The van der Waals surface area contributed by atoms with E-state index in [0.29, 0.717) is 5.76 Å². The Balaban J connectivity index is 1.76. The number of hydrogen-bond donors (Lipinski definition) is 1.